The number of benzene rings is 3. The third kappa shape index (κ3) is 6.87. The highest BCUT2D eigenvalue weighted by molar-refractivity contribution is 5.89. The average molecular weight is 717 g/mol. The van der Waals surface area contributed by atoms with Gasteiger partial charge in [0.25, 0.3) is 0 Å². The maximum absolute atomic E-state index is 14.6. The number of carbonyl (C=O) groups excluding carboxylic acids is 3. The summed E-state index contributed by atoms with van der Waals surface area (Å²) >= 11 is 0. The van der Waals surface area contributed by atoms with E-state index in [0.29, 0.717) is 72.8 Å². The first-order valence-electron chi connectivity index (χ1n) is 18.8. The molecule has 2 saturated carbocycles. The molecule has 0 amide bonds. The fraction of sp³-hybridized carbons (Fsp3) is 0.432. The van der Waals surface area contributed by atoms with Gasteiger partial charge in [-0.15, -0.1) is 0 Å². The number of rotatable bonds is 2. The maximum Gasteiger partial charge on any atom is 0.334 e. The van der Waals surface area contributed by atoms with Crippen molar-refractivity contribution in [2.75, 3.05) is 0 Å². The highest BCUT2D eigenvalue weighted by Crippen LogP contribution is 2.51. The van der Waals surface area contributed by atoms with Gasteiger partial charge in [-0.25, -0.2) is 4.79 Å². The standard InChI is InChI=1S/C44H44O9/c45-24-27-15-31(19-33(46)16-27)28-9-10-29-22-42(49)52-40-23-39(48)32(20-35(29)40)21-41-44(51)13-3-8-34-36(38(47)12-11-37(34)44)17-26-6-1-4-25(14-26)5-2-7-30(18-28)43(50)53-41/h1,4,6-7,14-16,19-20,23,28-29,34,36-37,41,45-46,48,51H,2-3,5,8,11-13,17-18,21-22,24H2. The van der Waals surface area contributed by atoms with Crippen molar-refractivity contribution in [2.24, 2.45) is 17.8 Å². The lowest BCUT2D eigenvalue weighted by Crippen LogP contribution is -2.59. The number of aryl methyl sites for hydroxylation is 1. The Morgan fingerprint density at radius 3 is 2.55 bits per heavy atom. The molecular weight excluding hydrogens is 672 g/mol. The number of hydrogen-bond donors (Lipinski definition) is 4. The SMILES string of the molecule is O=C1CC2C#CC(c3cc(O)cc(CO)c3)CC3=CCCc4cccc(c4)CC4C(=O)CCC5C4CCCC5(O)C(Cc4cc2c(cc4O)O1)OC3=O. The van der Waals surface area contributed by atoms with Crippen molar-refractivity contribution >= 4 is 17.7 Å². The number of aromatic hydroxyl groups is 2. The number of aliphatic hydroxyl groups is 2. The Balaban J connectivity index is 1.31. The molecule has 3 aliphatic heterocycles. The summed E-state index contributed by atoms with van der Waals surface area (Å²) in [4.78, 5) is 41.0. The molecule has 7 atom stereocenters. The Kier molecular flexibility index (Phi) is 9.38. The van der Waals surface area contributed by atoms with Gasteiger partial charge in [0.2, 0.25) is 0 Å². The van der Waals surface area contributed by atoms with Crippen molar-refractivity contribution < 1.29 is 44.3 Å². The molecule has 9 nitrogen and oxygen atoms in total. The van der Waals surface area contributed by atoms with Crippen LogP contribution in [0.3, 0.4) is 0 Å². The lowest BCUT2D eigenvalue weighted by atomic mass is 9.56. The van der Waals surface area contributed by atoms with Crippen LogP contribution < -0.4 is 4.74 Å². The zero-order valence-electron chi connectivity index (χ0n) is 29.6. The molecule has 0 radical (unpaired) electrons. The number of phenols is 2. The second-order valence-corrected chi connectivity index (χ2v) is 15.5. The predicted octanol–water partition coefficient (Wildman–Crippen LogP) is 5.87. The first-order valence-corrected chi connectivity index (χ1v) is 18.8. The summed E-state index contributed by atoms with van der Waals surface area (Å²) in [5, 5.41) is 44.9. The molecule has 4 N–H and O–H groups in total. The van der Waals surface area contributed by atoms with Gasteiger partial charge in [0.1, 0.15) is 34.7 Å². The quantitative estimate of drug-likeness (QED) is 0.145. The first kappa shape index (κ1) is 35.1. The number of fused-ring (bicyclic) bond motifs is 7. The van der Waals surface area contributed by atoms with Crippen LogP contribution in [0.1, 0.15) is 96.6 Å². The molecule has 2 aliphatic carbocycles. The molecule has 3 aromatic carbocycles. The van der Waals surface area contributed by atoms with Gasteiger partial charge in [-0.2, -0.15) is 0 Å². The number of phenolic OH excluding ortho intramolecular Hbond substituents is 2. The van der Waals surface area contributed by atoms with Gasteiger partial charge in [-0.3, -0.25) is 9.59 Å². The zero-order chi connectivity index (χ0) is 36.9. The van der Waals surface area contributed by atoms with Crippen LogP contribution in [0.15, 0.2) is 66.2 Å². The third-order valence-corrected chi connectivity index (χ3v) is 12.3. The molecule has 53 heavy (non-hydrogen) atoms. The minimum atomic E-state index is -1.49. The fourth-order valence-corrected chi connectivity index (χ4v) is 9.66. The van der Waals surface area contributed by atoms with Crippen LogP contribution in [0, 0.1) is 29.6 Å². The molecule has 274 valence electrons. The van der Waals surface area contributed by atoms with E-state index < -0.39 is 35.5 Å². The lowest BCUT2D eigenvalue weighted by Gasteiger charge is -2.52. The van der Waals surface area contributed by atoms with Gasteiger partial charge >= 0.3 is 11.9 Å². The minimum Gasteiger partial charge on any atom is -0.508 e. The van der Waals surface area contributed by atoms with Crippen LogP contribution in [0.5, 0.6) is 17.2 Å². The van der Waals surface area contributed by atoms with E-state index in [2.05, 4.69) is 24.0 Å². The Bertz CT molecular complexity index is 2070. The summed E-state index contributed by atoms with van der Waals surface area (Å²) in [7, 11) is 0. The van der Waals surface area contributed by atoms with Crippen molar-refractivity contribution in [3.63, 3.8) is 0 Å². The minimum absolute atomic E-state index is 0.00117. The molecule has 2 fully saturated rings. The van der Waals surface area contributed by atoms with E-state index in [4.69, 9.17) is 9.47 Å². The Morgan fingerprint density at radius 2 is 1.70 bits per heavy atom. The van der Waals surface area contributed by atoms with Crippen LogP contribution >= 0.6 is 0 Å². The van der Waals surface area contributed by atoms with Crippen LogP contribution in [0.25, 0.3) is 0 Å². The van der Waals surface area contributed by atoms with Crippen molar-refractivity contribution in [3.8, 4) is 29.1 Å². The summed E-state index contributed by atoms with van der Waals surface area (Å²) in [6.45, 7) is -0.311. The molecule has 5 aliphatic rings. The van der Waals surface area contributed by atoms with E-state index >= 15 is 0 Å². The van der Waals surface area contributed by atoms with Crippen molar-refractivity contribution in [2.45, 2.75) is 101 Å². The van der Waals surface area contributed by atoms with E-state index in [9.17, 15) is 34.8 Å². The summed E-state index contributed by atoms with van der Waals surface area (Å²) in [5.41, 5.74) is 3.12. The predicted molar refractivity (Wildman–Crippen MR) is 194 cm³/mol. The largest absolute Gasteiger partial charge is 0.508 e. The van der Waals surface area contributed by atoms with Crippen LogP contribution in [0.2, 0.25) is 0 Å². The number of Topliss-reactive ketones (excluding diaryl/α,β-unsaturated/α-hetero) is 1. The number of aliphatic hydroxyl groups excluding tert-OH is 1. The first-order chi connectivity index (χ1) is 25.6. The van der Waals surface area contributed by atoms with Gasteiger partial charge in [-0.1, -0.05) is 54.7 Å². The molecular formula is C44H44O9. The molecule has 8 rings (SSSR count). The van der Waals surface area contributed by atoms with E-state index in [1.807, 2.05) is 18.2 Å². The molecule has 0 saturated heterocycles. The number of ketones is 1. The van der Waals surface area contributed by atoms with Crippen molar-refractivity contribution in [3.05, 3.63) is 99.6 Å². The topological polar surface area (TPSA) is 151 Å². The second kappa shape index (κ2) is 14.1. The van der Waals surface area contributed by atoms with Gasteiger partial charge in [0.15, 0.2) is 0 Å². The Hall–Kier alpha value is -4.91. The third-order valence-electron chi connectivity index (χ3n) is 12.3. The summed E-state index contributed by atoms with van der Waals surface area (Å²) in [5.74, 6) is 3.75. The average Bonchev–Trinajstić information content (AvgIpc) is 3.14. The van der Waals surface area contributed by atoms with Gasteiger partial charge in [0, 0.05) is 41.9 Å². The van der Waals surface area contributed by atoms with Gasteiger partial charge < -0.3 is 29.9 Å². The van der Waals surface area contributed by atoms with E-state index in [1.165, 1.54) is 12.1 Å². The smallest absolute Gasteiger partial charge is 0.334 e. The number of esters is 2. The van der Waals surface area contributed by atoms with Gasteiger partial charge in [0.05, 0.1) is 18.9 Å². The van der Waals surface area contributed by atoms with Gasteiger partial charge in [-0.05, 0) is 103 Å². The highest BCUT2D eigenvalue weighted by atomic mass is 16.6. The molecule has 3 heterocycles. The summed E-state index contributed by atoms with van der Waals surface area (Å²) < 4.78 is 12.1. The number of ether oxygens (including phenoxy) is 2. The number of carbonyl (C=O) groups is 3. The molecule has 9 heteroatoms. The highest BCUT2D eigenvalue weighted by Gasteiger charge is 2.55. The molecule has 7 unspecified atom stereocenters. The summed E-state index contributed by atoms with van der Waals surface area (Å²) in [6.07, 6.45) is 5.18. The lowest BCUT2D eigenvalue weighted by molar-refractivity contribution is -0.191. The fourth-order valence-electron chi connectivity index (χ4n) is 9.66. The molecule has 3 aromatic rings. The van der Waals surface area contributed by atoms with Crippen LogP contribution in [0.4, 0.5) is 0 Å². The molecule has 10 bridgehead atoms. The van der Waals surface area contributed by atoms with E-state index in [-0.39, 0.29) is 66.7 Å². The number of allylic oxidation sites excluding steroid dienone is 1. The van der Waals surface area contributed by atoms with Crippen LogP contribution in [-0.4, -0.2) is 49.9 Å². The van der Waals surface area contributed by atoms with E-state index in [1.54, 1.807) is 18.2 Å². The Labute approximate surface area is 308 Å². The van der Waals surface area contributed by atoms with Crippen molar-refractivity contribution in [1.82, 2.24) is 0 Å². The summed E-state index contributed by atoms with van der Waals surface area (Å²) in [6, 6.07) is 16.2. The van der Waals surface area contributed by atoms with Crippen LogP contribution in [-0.2, 0) is 45.0 Å². The number of hydrogen-bond acceptors (Lipinski definition) is 9. The second-order valence-electron chi connectivity index (χ2n) is 15.5. The molecule has 0 spiro atoms. The monoisotopic (exact) mass is 716 g/mol. The zero-order valence-corrected chi connectivity index (χ0v) is 29.6. The van der Waals surface area contributed by atoms with Crippen molar-refractivity contribution in [1.29, 1.82) is 0 Å². The molecule has 0 aromatic heterocycles. The normalized spacial score (nSPS) is 29.7. The maximum atomic E-state index is 14.6. The van der Waals surface area contributed by atoms with E-state index in [0.717, 1.165) is 17.5 Å². The Morgan fingerprint density at radius 1 is 0.868 bits per heavy atom.